The molecule has 0 bridgehead atoms. The fourth-order valence-electron chi connectivity index (χ4n) is 3.28. The van der Waals surface area contributed by atoms with Crippen molar-refractivity contribution in [1.82, 2.24) is 19.7 Å². The number of aromatic nitrogens is 1. The minimum atomic E-state index is -0.118. The van der Waals surface area contributed by atoms with Gasteiger partial charge in [-0.1, -0.05) is 0 Å². The molecule has 1 aromatic rings. The molecule has 3 amide bonds. The van der Waals surface area contributed by atoms with Gasteiger partial charge < -0.3 is 19.7 Å². The van der Waals surface area contributed by atoms with E-state index in [2.05, 4.69) is 4.98 Å². The monoisotopic (exact) mass is 332 g/mol. The predicted molar refractivity (Wildman–Crippen MR) is 89.1 cm³/mol. The first-order chi connectivity index (χ1) is 11.6. The molecule has 0 spiro atoms. The van der Waals surface area contributed by atoms with Gasteiger partial charge in [0.05, 0.1) is 0 Å². The summed E-state index contributed by atoms with van der Waals surface area (Å²) >= 11 is 0. The van der Waals surface area contributed by atoms with Crippen molar-refractivity contribution in [3.63, 3.8) is 0 Å². The van der Waals surface area contributed by atoms with E-state index < -0.39 is 0 Å². The van der Waals surface area contributed by atoms with Crippen molar-refractivity contribution in [2.75, 3.05) is 39.3 Å². The third-order valence-electron chi connectivity index (χ3n) is 4.78. The van der Waals surface area contributed by atoms with Crippen LogP contribution in [0.4, 0.5) is 4.79 Å². The molecule has 24 heavy (non-hydrogen) atoms. The van der Waals surface area contributed by atoms with E-state index in [0.29, 0.717) is 37.4 Å². The van der Waals surface area contributed by atoms with Crippen LogP contribution in [0.15, 0.2) is 12.3 Å². The Bertz CT molecular complexity index is 626. The van der Waals surface area contributed by atoms with Crippen molar-refractivity contribution >= 4 is 17.7 Å². The number of hydrogen-bond donors (Lipinski definition) is 1. The number of carbonyl (C=O) groups excluding carboxylic acids is 3. The first-order valence-electron chi connectivity index (χ1n) is 8.59. The average Bonchev–Trinajstić information content (AvgIpc) is 3.12. The fourth-order valence-corrected chi connectivity index (χ4v) is 3.28. The third kappa shape index (κ3) is 3.44. The highest BCUT2D eigenvalue weighted by molar-refractivity contribution is 5.99. The molecule has 0 radical (unpaired) electrons. The summed E-state index contributed by atoms with van der Waals surface area (Å²) < 4.78 is 0. The first kappa shape index (κ1) is 16.5. The van der Waals surface area contributed by atoms with Gasteiger partial charge in [0.25, 0.3) is 5.91 Å². The van der Waals surface area contributed by atoms with Gasteiger partial charge in [-0.2, -0.15) is 0 Å². The zero-order valence-electron chi connectivity index (χ0n) is 14.1. The van der Waals surface area contributed by atoms with Crippen LogP contribution < -0.4 is 0 Å². The highest BCUT2D eigenvalue weighted by atomic mass is 16.2. The second kappa shape index (κ2) is 7.07. The molecule has 0 aliphatic carbocycles. The highest BCUT2D eigenvalue weighted by Gasteiger charge is 2.28. The molecule has 0 atom stereocenters. The summed E-state index contributed by atoms with van der Waals surface area (Å²) in [5.41, 5.74) is 0.938. The fraction of sp³-hybridized carbons (Fsp3) is 0.588. The number of H-pyrrole nitrogens is 1. The van der Waals surface area contributed by atoms with Gasteiger partial charge in [0.15, 0.2) is 5.78 Å². The quantitative estimate of drug-likeness (QED) is 0.836. The Balaban J connectivity index is 1.55. The number of piperazine rings is 1. The van der Waals surface area contributed by atoms with E-state index in [-0.39, 0.29) is 17.7 Å². The zero-order chi connectivity index (χ0) is 17.1. The standard InChI is InChI=1S/C17H24N4O3/c1-13(22)14-11-15(18-12-14)16(23)19-7-9-21(10-8-19)17(24)20-5-3-2-4-6-20/h11-12,18H,2-10H2,1H3. The lowest BCUT2D eigenvalue weighted by atomic mass is 10.1. The molecule has 130 valence electrons. The smallest absolute Gasteiger partial charge is 0.320 e. The van der Waals surface area contributed by atoms with Gasteiger partial charge in [0, 0.05) is 51.0 Å². The summed E-state index contributed by atoms with van der Waals surface area (Å²) in [7, 11) is 0. The Hall–Kier alpha value is -2.31. The SMILES string of the molecule is CC(=O)c1c[nH]c(C(=O)N2CCN(C(=O)N3CCCCC3)CC2)c1. The molecule has 3 rings (SSSR count). The molecule has 0 aromatic carbocycles. The van der Waals surface area contributed by atoms with Gasteiger partial charge in [0.1, 0.15) is 5.69 Å². The second-order valence-corrected chi connectivity index (χ2v) is 6.47. The number of likely N-dealkylation sites (tertiary alicyclic amines) is 1. The number of ketones is 1. The number of rotatable bonds is 2. The Morgan fingerprint density at radius 2 is 1.46 bits per heavy atom. The lowest BCUT2D eigenvalue weighted by Crippen LogP contribution is -2.54. The molecular weight excluding hydrogens is 308 g/mol. The number of urea groups is 1. The summed E-state index contributed by atoms with van der Waals surface area (Å²) in [6, 6.07) is 1.69. The maximum Gasteiger partial charge on any atom is 0.320 e. The molecule has 2 saturated heterocycles. The van der Waals surface area contributed by atoms with Gasteiger partial charge in [0.2, 0.25) is 0 Å². The van der Waals surface area contributed by atoms with E-state index in [0.717, 1.165) is 25.9 Å². The number of carbonyl (C=O) groups is 3. The third-order valence-corrected chi connectivity index (χ3v) is 4.78. The van der Waals surface area contributed by atoms with Gasteiger partial charge in [-0.3, -0.25) is 9.59 Å². The highest BCUT2D eigenvalue weighted by Crippen LogP contribution is 2.14. The van der Waals surface area contributed by atoms with E-state index in [9.17, 15) is 14.4 Å². The Kier molecular flexibility index (Phi) is 4.87. The van der Waals surface area contributed by atoms with E-state index in [1.807, 2.05) is 9.80 Å². The minimum absolute atomic E-state index is 0.0674. The summed E-state index contributed by atoms with van der Waals surface area (Å²) in [4.78, 5) is 44.7. The molecular formula is C17H24N4O3. The predicted octanol–water partition coefficient (Wildman–Crippen LogP) is 1.58. The summed E-state index contributed by atoms with van der Waals surface area (Å²) in [5, 5.41) is 0. The number of amides is 3. The van der Waals surface area contributed by atoms with Gasteiger partial charge in [-0.15, -0.1) is 0 Å². The Labute approximate surface area is 141 Å². The van der Waals surface area contributed by atoms with Crippen molar-refractivity contribution < 1.29 is 14.4 Å². The van der Waals surface area contributed by atoms with Crippen LogP contribution in [0.5, 0.6) is 0 Å². The number of aromatic amines is 1. The van der Waals surface area contributed by atoms with Crippen LogP contribution in [0.2, 0.25) is 0 Å². The van der Waals surface area contributed by atoms with Crippen molar-refractivity contribution in [2.24, 2.45) is 0 Å². The minimum Gasteiger partial charge on any atom is -0.356 e. The number of nitrogens with zero attached hydrogens (tertiary/aromatic N) is 3. The first-order valence-corrected chi connectivity index (χ1v) is 8.59. The van der Waals surface area contributed by atoms with Gasteiger partial charge in [-0.05, 0) is 32.3 Å². The van der Waals surface area contributed by atoms with E-state index >= 15 is 0 Å². The molecule has 0 unspecified atom stereocenters. The lowest BCUT2D eigenvalue weighted by Gasteiger charge is -2.38. The van der Waals surface area contributed by atoms with Crippen LogP contribution in [0, 0.1) is 0 Å². The number of Topliss-reactive ketones (excluding diaryl/α,β-unsaturated/α-hetero) is 1. The van der Waals surface area contributed by atoms with Gasteiger partial charge >= 0.3 is 6.03 Å². The summed E-state index contributed by atoms with van der Waals surface area (Å²) in [6.07, 6.45) is 4.92. The maximum atomic E-state index is 12.5. The molecule has 7 nitrogen and oxygen atoms in total. The maximum absolute atomic E-state index is 12.5. The summed E-state index contributed by atoms with van der Waals surface area (Å²) in [6.45, 7) is 5.31. The lowest BCUT2D eigenvalue weighted by molar-refractivity contribution is 0.0628. The zero-order valence-corrected chi connectivity index (χ0v) is 14.1. The van der Waals surface area contributed by atoms with Crippen molar-refractivity contribution in [1.29, 1.82) is 0 Å². The average molecular weight is 332 g/mol. The second-order valence-electron chi connectivity index (χ2n) is 6.47. The molecule has 1 N–H and O–H groups in total. The van der Waals surface area contributed by atoms with E-state index in [4.69, 9.17) is 0 Å². The molecule has 0 saturated carbocycles. The summed E-state index contributed by atoms with van der Waals surface area (Å²) in [5.74, 6) is -0.185. The number of nitrogens with one attached hydrogen (secondary N) is 1. The van der Waals surface area contributed by atoms with Crippen LogP contribution in [-0.2, 0) is 0 Å². The molecule has 2 fully saturated rings. The number of piperidine rings is 1. The topological polar surface area (TPSA) is 76.7 Å². The normalized spacial score (nSPS) is 18.6. The van der Waals surface area contributed by atoms with Crippen LogP contribution in [0.3, 0.4) is 0 Å². The van der Waals surface area contributed by atoms with Gasteiger partial charge in [-0.25, -0.2) is 4.79 Å². The molecule has 1 aromatic heterocycles. The Morgan fingerprint density at radius 3 is 2.04 bits per heavy atom. The molecule has 2 aliphatic rings. The van der Waals surface area contributed by atoms with Crippen molar-refractivity contribution in [3.8, 4) is 0 Å². The molecule has 3 heterocycles. The van der Waals surface area contributed by atoms with E-state index in [1.54, 1.807) is 17.2 Å². The van der Waals surface area contributed by atoms with Crippen molar-refractivity contribution in [3.05, 3.63) is 23.5 Å². The van der Waals surface area contributed by atoms with Crippen LogP contribution in [0.25, 0.3) is 0 Å². The largest absolute Gasteiger partial charge is 0.356 e. The van der Waals surface area contributed by atoms with Crippen LogP contribution >= 0.6 is 0 Å². The van der Waals surface area contributed by atoms with E-state index in [1.165, 1.54) is 13.3 Å². The van der Waals surface area contributed by atoms with Crippen LogP contribution in [-0.4, -0.2) is 76.7 Å². The van der Waals surface area contributed by atoms with Crippen molar-refractivity contribution in [2.45, 2.75) is 26.2 Å². The number of hydrogen-bond acceptors (Lipinski definition) is 3. The van der Waals surface area contributed by atoms with Crippen LogP contribution in [0.1, 0.15) is 47.0 Å². The Morgan fingerprint density at radius 1 is 0.875 bits per heavy atom. The molecule has 7 heteroatoms. The molecule has 2 aliphatic heterocycles.